The second-order valence-electron chi connectivity index (χ2n) is 5.60. The highest BCUT2D eigenvalue weighted by molar-refractivity contribution is 6.01. The lowest BCUT2D eigenvalue weighted by Gasteiger charge is -2.11. The van der Waals surface area contributed by atoms with Gasteiger partial charge in [-0.25, -0.2) is 4.79 Å². The summed E-state index contributed by atoms with van der Waals surface area (Å²) in [4.78, 5) is 23.7. The van der Waals surface area contributed by atoms with Crippen molar-refractivity contribution in [1.29, 1.82) is 0 Å². The molecule has 24 heavy (non-hydrogen) atoms. The molecule has 0 atom stereocenters. The van der Waals surface area contributed by atoms with E-state index in [1.54, 1.807) is 24.3 Å². The second kappa shape index (κ2) is 8.15. The molecule has 0 aromatic heterocycles. The fraction of sp³-hybridized carbons (Fsp3) is 0.263. The zero-order chi connectivity index (χ0) is 17.5. The minimum absolute atomic E-state index is 0.142. The molecule has 0 aliphatic rings. The molecule has 0 saturated carbocycles. The van der Waals surface area contributed by atoms with E-state index in [1.807, 2.05) is 24.3 Å². The van der Waals surface area contributed by atoms with Gasteiger partial charge in [0.25, 0.3) is 5.91 Å². The van der Waals surface area contributed by atoms with Crippen molar-refractivity contribution in [3.05, 3.63) is 59.7 Å². The average molecular weight is 327 g/mol. The third kappa shape index (κ3) is 4.59. The number of anilines is 1. The highest BCUT2D eigenvalue weighted by Crippen LogP contribution is 2.19. The van der Waals surface area contributed by atoms with Gasteiger partial charge in [0.05, 0.1) is 18.4 Å². The van der Waals surface area contributed by atoms with Gasteiger partial charge in [0.1, 0.15) is 5.75 Å². The highest BCUT2D eigenvalue weighted by atomic mass is 16.5. The van der Waals surface area contributed by atoms with Gasteiger partial charge in [-0.1, -0.05) is 38.1 Å². The first-order chi connectivity index (χ1) is 11.5. The standard InChI is InChI=1S/C19H21NO4/c1-13(2)14-8-10-15(11-9-14)24-12-18(21)20-17-7-5-4-6-16(17)19(22)23-3/h4-11,13H,12H2,1-3H3,(H,20,21). The Morgan fingerprint density at radius 3 is 2.33 bits per heavy atom. The fourth-order valence-electron chi connectivity index (χ4n) is 2.16. The molecule has 0 unspecified atom stereocenters. The van der Waals surface area contributed by atoms with Crippen LogP contribution in [0, 0.1) is 0 Å². The largest absolute Gasteiger partial charge is 0.484 e. The van der Waals surface area contributed by atoms with E-state index in [2.05, 4.69) is 19.2 Å². The summed E-state index contributed by atoms with van der Waals surface area (Å²) in [6.07, 6.45) is 0. The Hall–Kier alpha value is -2.82. The number of ether oxygens (including phenoxy) is 2. The molecule has 0 radical (unpaired) electrons. The van der Waals surface area contributed by atoms with Crippen molar-refractivity contribution in [2.45, 2.75) is 19.8 Å². The molecule has 1 amide bonds. The second-order valence-corrected chi connectivity index (χ2v) is 5.60. The topological polar surface area (TPSA) is 64.6 Å². The summed E-state index contributed by atoms with van der Waals surface area (Å²) in [5.41, 5.74) is 1.90. The van der Waals surface area contributed by atoms with E-state index in [0.29, 0.717) is 22.9 Å². The summed E-state index contributed by atoms with van der Waals surface area (Å²) in [6, 6.07) is 14.3. The van der Waals surface area contributed by atoms with Crippen molar-refractivity contribution < 1.29 is 19.1 Å². The quantitative estimate of drug-likeness (QED) is 0.823. The summed E-state index contributed by atoms with van der Waals surface area (Å²) in [7, 11) is 1.30. The molecule has 0 aliphatic heterocycles. The van der Waals surface area contributed by atoms with E-state index >= 15 is 0 Å². The van der Waals surface area contributed by atoms with Crippen molar-refractivity contribution in [2.24, 2.45) is 0 Å². The van der Waals surface area contributed by atoms with E-state index in [4.69, 9.17) is 9.47 Å². The molecule has 0 aliphatic carbocycles. The summed E-state index contributed by atoms with van der Waals surface area (Å²) in [5, 5.41) is 2.66. The number of para-hydroxylation sites is 1. The van der Waals surface area contributed by atoms with Crippen molar-refractivity contribution in [2.75, 3.05) is 19.0 Å². The van der Waals surface area contributed by atoms with Crippen molar-refractivity contribution in [3.63, 3.8) is 0 Å². The Labute approximate surface area is 141 Å². The Morgan fingerprint density at radius 1 is 1.04 bits per heavy atom. The van der Waals surface area contributed by atoms with Gasteiger partial charge in [0, 0.05) is 0 Å². The van der Waals surface area contributed by atoms with Crippen LogP contribution in [0.1, 0.15) is 35.7 Å². The number of amides is 1. The lowest BCUT2D eigenvalue weighted by atomic mass is 10.0. The first-order valence-electron chi connectivity index (χ1n) is 7.71. The van der Waals surface area contributed by atoms with Crippen LogP contribution < -0.4 is 10.1 Å². The van der Waals surface area contributed by atoms with Gasteiger partial charge in [0.2, 0.25) is 0 Å². The number of hydrogen-bond acceptors (Lipinski definition) is 4. The monoisotopic (exact) mass is 327 g/mol. The van der Waals surface area contributed by atoms with Crippen LogP contribution in [0.25, 0.3) is 0 Å². The van der Waals surface area contributed by atoms with E-state index in [9.17, 15) is 9.59 Å². The van der Waals surface area contributed by atoms with Crippen LogP contribution in [0.15, 0.2) is 48.5 Å². The Bertz CT molecular complexity index is 708. The van der Waals surface area contributed by atoms with Crippen LogP contribution in [0.3, 0.4) is 0 Å². The maximum atomic E-state index is 12.0. The van der Waals surface area contributed by atoms with Gasteiger partial charge < -0.3 is 14.8 Å². The maximum Gasteiger partial charge on any atom is 0.339 e. The molecular weight excluding hydrogens is 306 g/mol. The van der Waals surface area contributed by atoms with E-state index in [1.165, 1.54) is 12.7 Å². The Morgan fingerprint density at radius 2 is 1.71 bits per heavy atom. The van der Waals surface area contributed by atoms with Crippen molar-refractivity contribution >= 4 is 17.6 Å². The van der Waals surface area contributed by atoms with E-state index in [0.717, 1.165) is 0 Å². The third-order valence-corrected chi connectivity index (χ3v) is 3.52. The van der Waals surface area contributed by atoms with Crippen LogP contribution in [-0.4, -0.2) is 25.6 Å². The molecule has 0 saturated heterocycles. The highest BCUT2D eigenvalue weighted by Gasteiger charge is 2.13. The van der Waals surface area contributed by atoms with E-state index < -0.39 is 5.97 Å². The van der Waals surface area contributed by atoms with Crippen LogP contribution in [0.2, 0.25) is 0 Å². The van der Waals surface area contributed by atoms with Crippen molar-refractivity contribution in [3.8, 4) is 5.75 Å². The van der Waals surface area contributed by atoms with Gasteiger partial charge in [-0.3, -0.25) is 4.79 Å². The van der Waals surface area contributed by atoms with Gasteiger partial charge in [-0.15, -0.1) is 0 Å². The number of benzene rings is 2. The third-order valence-electron chi connectivity index (χ3n) is 3.52. The van der Waals surface area contributed by atoms with Gasteiger partial charge in [0.15, 0.2) is 6.61 Å². The van der Waals surface area contributed by atoms with Crippen LogP contribution in [0.5, 0.6) is 5.75 Å². The summed E-state index contributed by atoms with van der Waals surface area (Å²) in [5.74, 6) is 0.211. The van der Waals surface area contributed by atoms with Crippen LogP contribution >= 0.6 is 0 Å². The molecule has 0 heterocycles. The Kier molecular flexibility index (Phi) is 5.95. The smallest absolute Gasteiger partial charge is 0.339 e. The molecule has 2 aromatic carbocycles. The predicted octanol–water partition coefficient (Wildman–Crippen LogP) is 3.61. The number of nitrogens with one attached hydrogen (secondary N) is 1. The van der Waals surface area contributed by atoms with Crippen LogP contribution in [0.4, 0.5) is 5.69 Å². The minimum atomic E-state index is -0.504. The molecule has 1 N–H and O–H groups in total. The minimum Gasteiger partial charge on any atom is -0.484 e. The van der Waals surface area contributed by atoms with Gasteiger partial charge in [-0.05, 0) is 35.7 Å². The molecule has 2 aromatic rings. The molecule has 126 valence electrons. The van der Waals surface area contributed by atoms with Crippen LogP contribution in [-0.2, 0) is 9.53 Å². The van der Waals surface area contributed by atoms with E-state index in [-0.39, 0.29) is 12.5 Å². The molecule has 2 rings (SSSR count). The SMILES string of the molecule is COC(=O)c1ccccc1NC(=O)COc1ccc(C(C)C)cc1. The predicted molar refractivity (Wildman–Crippen MR) is 92.4 cm³/mol. The first kappa shape index (κ1) is 17.5. The lowest BCUT2D eigenvalue weighted by Crippen LogP contribution is -2.21. The number of rotatable bonds is 6. The molecule has 5 heteroatoms. The molecule has 0 fully saturated rings. The lowest BCUT2D eigenvalue weighted by molar-refractivity contribution is -0.118. The number of hydrogen-bond donors (Lipinski definition) is 1. The van der Waals surface area contributed by atoms with Crippen molar-refractivity contribution in [1.82, 2.24) is 0 Å². The fourth-order valence-corrected chi connectivity index (χ4v) is 2.16. The average Bonchev–Trinajstić information content (AvgIpc) is 2.60. The maximum absolute atomic E-state index is 12.0. The van der Waals surface area contributed by atoms with Gasteiger partial charge in [-0.2, -0.15) is 0 Å². The number of esters is 1. The van der Waals surface area contributed by atoms with Gasteiger partial charge >= 0.3 is 5.97 Å². The molecule has 0 spiro atoms. The number of carbonyl (C=O) groups is 2. The molecule has 0 bridgehead atoms. The normalized spacial score (nSPS) is 10.3. The summed E-state index contributed by atoms with van der Waals surface area (Å²) >= 11 is 0. The zero-order valence-electron chi connectivity index (χ0n) is 14.0. The zero-order valence-corrected chi connectivity index (χ0v) is 14.0. The summed E-state index contributed by atoms with van der Waals surface area (Å²) in [6.45, 7) is 4.08. The molecular formula is C19H21NO4. The summed E-state index contributed by atoms with van der Waals surface area (Å²) < 4.78 is 10.2. The first-order valence-corrected chi connectivity index (χ1v) is 7.71. The number of carbonyl (C=O) groups excluding carboxylic acids is 2. The number of methoxy groups -OCH3 is 1. The Balaban J connectivity index is 1.95. The molecule has 5 nitrogen and oxygen atoms in total.